The predicted molar refractivity (Wildman–Crippen MR) is 98.4 cm³/mol. The molecule has 0 aliphatic carbocycles. The maximum absolute atomic E-state index is 12.2. The van der Waals surface area contributed by atoms with E-state index < -0.39 is 29.8 Å². The van der Waals surface area contributed by atoms with Crippen molar-refractivity contribution >= 4 is 28.6 Å². The van der Waals surface area contributed by atoms with Crippen LogP contribution in [0.3, 0.4) is 0 Å². The van der Waals surface area contributed by atoms with Gasteiger partial charge in [-0.15, -0.1) is 0 Å². The monoisotopic (exact) mass is 366 g/mol. The quantitative estimate of drug-likeness (QED) is 0.454. The molecule has 0 aliphatic rings. The van der Waals surface area contributed by atoms with Crippen LogP contribution < -0.4 is 5.32 Å². The van der Waals surface area contributed by atoms with Gasteiger partial charge in [-0.25, -0.2) is 4.79 Å². The van der Waals surface area contributed by atoms with E-state index in [1.807, 2.05) is 24.3 Å². The summed E-state index contributed by atoms with van der Waals surface area (Å²) in [5, 5.41) is 22.3. The highest BCUT2D eigenvalue weighted by Gasteiger charge is 2.31. The molecule has 2 atom stereocenters. The fourth-order valence-corrected chi connectivity index (χ4v) is 3.03. The summed E-state index contributed by atoms with van der Waals surface area (Å²) < 4.78 is 0. The van der Waals surface area contributed by atoms with Crippen molar-refractivity contribution in [3.05, 3.63) is 71.9 Å². The van der Waals surface area contributed by atoms with Crippen molar-refractivity contribution in [2.45, 2.75) is 18.5 Å². The lowest BCUT2D eigenvalue weighted by atomic mass is 9.99. The minimum Gasteiger partial charge on any atom is -0.480 e. The van der Waals surface area contributed by atoms with Crippen LogP contribution in [0.15, 0.2) is 60.8 Å². The van der Waals surface area contributed by atoms with Gasteiger partial charge < -0.3 is 15.2 Å². The summed E-state index contributed by atoms with van der Waals surface area (Å²) in [4.78, 5) is 38.2. The van der Waals surface area contributed by atoms with Crippen LogP contribution in [-0.4, -0.2) is 39.0 Å². The second-order valence-corrected chi connectivity index (χ2v) is 6.13. The van der Waals surface area contributed by atoms with E-state index in [0.29, 0.717) is 5.56 Å². The molecule has 1 aromatic heterocycles. The number of para-hydroxylation sites is 1. The smallest absolute Gasteiger partial charge is 0.374 e. The van der Waals surface area contributed by atoms with Crippen LogP contribution in [0.1, 0.15) is 17.2 Å². The fraction of sp³-hybridized carbons (Fsp3) is 0.150. The molecule has 27 heavy (non-hydrogen) atoms. The number of Topliss-reactive ketones (excluding diaryl/α,β-unsaturated/α-hetero) is 1. The zero-order chi connectivity index (χ0) is 19.4. The van der Waals surface area contributed by atoms with Gasteiger partial charge in [-0.3, -0.25) is 14.9 Å². The fourth-order valence-electron chi connectivity index (χ4n) is 3.03. The Hall–Kier alpha value is -3.45. The van der Waals surface area contributed by atoms with Gasteiger partial charge in [0.25, 0.3) is 5.78 Å². The second-order valence-electron chi connectivity index (χ2n) is 6.13. The number of ketones is 1. The number of hydrogen-bond donors (Lipinski definition) is 4. The molecule has 0 amide bonds. The number of carboxylic acids is 2. The third-order valence-corrected chi connectivity index (χ3v) is 4.37. The van der Waals surface area contributed by atoms with Gasteiger partial charge in [0.1, 0.15) is 12.1 Å². The van der Waals surface area contributed by atoms with E-state index in [9.17, 15) is 19.5 Å². The highest BCUT2D eigenvalue weighted by atomic mass is 16.4. The molecule has 0 spiro atoms. The van der Waals surface area contributed by atoms with Crippen molar-refractivity contribution in [2.75, 3.05) is 0 Å². The topological polar surface area (TPSA) is 119 Å². The predicted octanol–water partition coefficient (Wildman–Crippen LogP) is 2.15. The minimum absolute atomic E-state index is 0.0928. The number of fused-ring (bicyclic) bond motifs is 1. The van der Waals surface area contributed by atoms with Crippen LogP contribution >= 0.6 is 0 Å². The molecule has 138 valence electrons. The summed E-state index contributed by atoms with van der Waals surface area (Å²) in [7, 11) is 0. The SMILES string of the molecule is O=C(O)C(=O)C(N[C@@H](Cc1c[nH]c2ccccc12)C(=O)O)c1ccccc1. The molecular weight excluding hydrogens is 348 g/mol. The number of nitrogens with one attached hydrogen (secondary N) is 2. The highest BCUT2D eigenvalue weighted by Crippen LogP contribution is 2.21. The van der Waals surface area contributed by atoms with Crippen molar-refractivity contribution in [1.29, 1.82) is 0 Å². The van der Waals surface area contributed by atoms with Crippen molar-refractivity contribution in [3.63, 3.8) is 0 Å². The molecule has 1 heterocycles. The zero-order valence-corrected chi connectivity index (χ0v) is 14.3. The largest absolute Gasteiger partial charge is 0.480 e. The molecule has 0 fully saturated rings. The van der Waals surface area contributed by atoms with Crippen LogP contribution in [0.5, 0.6) is 0 Å². The van der Waals surface area contributed by atoms with Crippen molar-refractivity contribution in [3.8, 4) is 0 Å². The Labute approximate surface area is 154 Å². The molecule has 0 bridgehead atoms. The van der Waals surface area contributed by atoms with Crippen molar-refractivity contribution < 1.29 is 24.6 Å². The average molecular weight is 366 g/mol. The van der Waals surface area contributed by atoms with Gasteiger partial charge in [0, 0.05) is 23.5 Å². The summed E-state index contributed by atoms with van der Waals surface area (Å²) in [6, 6.07) is 13.3. The number of aromatic amines is 1. The van der Waals surface area contributed by atoms with E-state index in [0.717, 1.165) is 16.5 Å². The molecule has 3 rings (SSSR count). The summed E-state index contributed by atoms with van der Waals surface area (Å²) >= 11 is 0. The van der Waals surface area contributed by atoms with Gasteiger partial charge in [-0.2, -0.15) is 0 Å². The molecule has 0 saturated heterocycles. The number of aromatic nitrogens is 1. The first-order chi connectivity index (χ1) is 13.0. The first-order valence-corrected chi connectivity index (χ1v) is 8.33. The van der Waals surface area contributed by atoms with Crippen molar-refractivity contribution in [2.24, 2.45) is 0 Å². The van der Waals surface area contributed by atoms with E-state index in [1.54, 1.807) is 36.5 Å². The Bertz CT molecular complexity index is 980. The third kappa shape index (κ3) is 4.04. The van der Waals surface area contributed by atoms with E-state index in [1.165, 1.54) is 0 Å². The van der Waals surface area contributed by atoms with Crippen LogP contribution in [0.2, 0.25) is 0 Å². The zero-order valence-electron chi connectivity index (χ0n) is 14.3. The number of carbonyl (C=O) groups is 3. The third-order valence-electron chi connectivity index (χ3n) is 4.37. The Morgan fingerprint density at radius 1 is 0.963 bits per heavy atom. The molecule has 0 aliphatic heterocycles. The summed E-state index contributed by atoms with van der Waals surface area (Å²) in [5.41, 5.74) is 2.04. The first kappa shape index (κ1) is 18.3. The van der Waals surface area contributed by atoms with Crippen LogP contribution in [0.4, 0.5) is 0 Å². The van der Waals surface area contributed by atoms with Crippen molar-refractivity contribution in [1.82, 2.24) is 10.3 Å². The summed E-state index contributed by atoms with van der Waals surface area (Å²) in [6.07, 6.45) is 1.81. The van der Waals surface area contributed by atoms with Crippen LogP contribution in [0.25, 0.3) is 10.9 Å². The Balaban J connectivity index is 1.90. The molecule has 4 N–H and O–H groups in total. The lowest BCUT2D eigenvalue weighted by Crippen LogP contribution is -2.45. The normalized spacial score (nSPS) is 13.2. The average Bonchev–Trinajstić information content (AvgIpc) is 3.08. The molecular formula is C20H18N2O5. The molecule has 7 nitrogen and oxygen atoms in total. The van der Waals surface area contributed by atoms with Gasteiger partial charge in [0.05, 0.1) is 0 Å². The lowest BCUT2D eigenvalue weighted by Gasteiger charge is -2.21. The van der Waals surface area contributed by atoms with Gasteiger partial charge in [0.15, 0.2) is 0 Å². The maximum atomic E-state index is 12.2. The van der Waals surface area contributed by atoms with Gasteiger partial charge in [-0.1, -0.05) is 48.5 Å². The van der Waals surface area contributed by atoms with Gasteiger partial charge in [0.2, 0.25) is 0 Å². The molecule has 1 unspecified atom stereocenters. The molecule has 2 aromatic carbocycles. The minimum atomic E-state index is -1.62. The number of rotatable bonds is 8. The highest BCUT2D eigenvalue weighted by molar-refractivity contribution is 6.34. The van der Waals surface area contributed by atoms with Gasteiger partial charge >= 0.3 is 11.9 Å². The van der Waals surface area contributed by atoms with E-state index in [-0.39, 0.29) is 6.42 Å². The van der Waals surface area contributed by atoms with E-state index in [2.05, 4.69) is 10.3 Å². The number of carbonyl (C=O) groups excluding carboxylic acids is 1. The molecule has 0 radical (unpaired) electrons. The summed E-state index contributed by atoms with van der Waals surface area (Å²) in [5.74, 6) is -3.89. The summed E-state index contributed by atoms with van der Waals surface area (Å²) in [6.45, 7) is 0. The number of aliphatic carboxylic acids is 2. The van der Waals surface area contributed by atoms with E-state index in [4.69, 9.17) is 5.11 Å². The van der Waals surface area contributed by atoms with Gasteiger partial charge in [-0.05, 0) is 17.2 Å². The standard InChI is InChI=1S/C20H18N2O5/c23-18(20(26)27)17(12-6-2-1-3-7-12)22-16(19(24)25)10-13-11-21-15-9-5-4-8-14(13)15/h1-9,11,16-17,21-22H,10H2,(H,24,25)(H,26,27)/t16-,17?/m0/s1. The Morgan fingerprint density at radius 2 is 1.63 bits per heavy atom. The molecule has 3 aromatic rings. The Kier molecular flexibility index (Phi) is 5.33. The molecule has 0 saturated carbocycles. The van der Waals surface area contributed by atoms with E-state index >= 15 is 0 Å². The number of carboxylic acid groups (broad SMARTS) is 2. The molecule has 7 heteroatoms. The Morgan fingerprint density at radius 3 is 2.30 bits per heavy atom. The first-order valence-electron chi connectivity index (χ1n) is 8.33. The second kappa shape index (κ2) is 7.84. The number of benzene rings is 2. The van der Waals surface area contributed by atoms with Crippen LogP contribution in [-0.2, 0) is 20.8 Å². The van der Waals surface area contributed by atoms with Crippen LogP contribution in [0, 0.1) is 0 Å². The maximum Gasteiger partial charge on any atom is 0.374 e. The lowest BCUT2D eigenvalue weighted by molar-refractivity contribution is -0.151. The number of H-pyrrole nitrogens is 1. The number of hydrogen-bond acceptors (Lipinski definition) is 4.